The number of fused-ring (bicyclic) bond motifs is 1. The lowest BCUT2D eigenvalue weighted by Gasteiger charge is -1.99. The third-order valence-corrected chi connectivity index (χ3v) is 2.48. The molecule has 0 spiro atoms. The second-order valence-corrected chi connectivity index (χ2v) is 3.57. The van der Waals surface area contributed by atoms with E-state index in [1.165, 1.54) is 0 Å². The van der Waals surface area contributed by atoms with Crippen molar-refractivity contribution >= 4 is 11.3 Å². The first-order chi connectivity index (χ1) is 7.84. The number of benzene rings is 1. The fourth-order valence-corrected chi connectivity index (χ4v) is 1.74. The highest BCUT2D eigenvalue weighted by Gasteiger charge is 2.06. The van der Waals surface area contributed by atoms with E-state index < -0.39 is 0 Å². The van der Waals surface area contributed by atoms with Gasteiger partial charge in [0.25, 0.3) is 0 Å². The Kier molecular flexibility index (Phi) is 1.86. The van der Waals surface area contributed by atoms with Crippen LogP contribution in [0.25, 0.3) is 16.8 Å². The number of nitrogen functional groups attached to an aromatic ring is 1. The molecule has 0 saturated carbocycles. The van der Waals surface area contributed by atoms with Crippen LogP contribution in [0.4, 0.5) is 5.69 Å². The second kappa shape index (κ2) is 3.34. The van der Waals surface area contributed by atoms with E-state index in [0.29, 0.717) is 0 Å². The predicted octanol–water partition coefficient (Wildman–Crippen LogP) is 1.98. The summed E-state index contributed by atoms with van der Waals surface area (Å²) in [5, 5.41) is 4.24. The van der Waals surface area contributed by atoms with Crippen molar-refractivity contribution in [1.29, 1.82) is 0 Å². The largest absolute Gasteiger partial charge is 0.399 e. The summed E-state index contributed by atoms with van der Waals surface area (Å²) in [5.41, 5.74) is 9.37. The van der Waals surface area contributed by atoms with E-state index in [9.17, 15) is 0 Å². The van der Waals surface area contributed by atoms with Crippen LogP contribution in [-0.2, 0) is 0 Å². The highest BCUT2D eigenvalue weighted by atomic mass is 15.2. The van der Waals surface area contributed by atoms with E-state index in [1.54, 1.807) is 16.9 Å². The van der Waals surface area contributed by atoms with Crippen LogP contribution in [0, 0.1) is 0 Å². The lowest BCUT2D eigenvalue weighted by Crippen LogP contribution is -1.88. The van der Waals surface area contributed by atoms with Crippen molar-refractivity contribution in [2.75, 3.05) is 5.73 Å². The lowest BCUT2D eigenvalue weighted by molar-refractivity contribution is 0.939. The van der Waals surface area contributed by atoms with E-state index in [1.807, 2.05) is 36.5 Å². The molecule has 78 valence electrons. The average Bonchev–Trinajstić information content (AvgIpc) is 2.72. The molecule has 4 nitrogen and oxygen atoms in total. The van der Waals surface area contributed by atoms with E-state index in [0.717, 1.165) is 22.5 Å². The first-order valence-electron chi connectivity index (χ1n) is 4.99. The van der Waals surface area contributed by atoms with Gasteiger partial charge in [-0.2, -0.15) is 5.10 Å². The van der Waals surface area contributed by atoms with Gasteiger partial charge in [0.05, 0.1) is 6.20 Å². The third kappa shape index (κ3) is 1.32. The van der Waals surface area contributed by atoms with Gasteiger partial charge in [-0.25, -0.2) is 9.50 Å². The van der Waals surface area contributed by atoms with Gasteiger partial charge in [0.15, 0.2) is 5.65 Å². The molecule has 16 heavy (non-hydrogen) atoms. The van der Waals surface area contributed by atoms with Crippen LogP contribution >= 0.6 is 0 Å². The first kappa shape index (κ1) is 8.91. The number of nitrogens with two attached hydrogens (primary N) is 1. The Balaban J connectivity index is 2.26. The average molecular weight is 210 g/mol. The summed E-state index contributed by atoms with van der Waals surface area (Å²) in [7, 11) is 0. The zero-order valence-electron chi connectivity index (χ0n) is 8.54. The molecule has 0 saturated heterocycles. The van der Waals surface area contributed by atoms with Crippen LogP contribution < -0.4 is 5.73 Å². The van der Waals surface area contributed by atoms with Gasteiger partial charge in [0.1, 0.15) is 0 Å². The molecule has 4 heteroatoms. The van der Waals surface area contributed by atoms with Crippen LogP contribution in [0.1, 0.15) is 0 Å². The zero-order chi connectivity index (χ0) is 11.0. The minimum absolute atomic E-state index is 0.743. The van der Waals surface area contributed by atoms with Crippen molar-refractivity contribution in [2.45, 2.75) is 0 Å². The molecule has 3 rings (SSSR count). The molecule has 0 aliphatic heterocycles. The van der Waals surface area contributed by atoms with E-state index in [2.05, 4.69) is 10.1 Å². The maximum Gasteiger partial charge on any atom is 0.162 e. The van der Waals surface area contributed by atoms with Crippen molar-refractivity contribution in [3.63, 3.8) is 0 Å². The predicted molar refractivity (Wildman–Crippen MR) is 62.8 cm³/mol. The number of nitrogens with zero attached hydrogens (tertiary/aromatic N) is 3. The molecule has 0 unspecified atom stereocenters. The minimum atomic E-state index is 0.743. The normalized spacial score (nSPS) is 10.8. The van der Waals surface area contributed by atoms with Crippen LogP contribution in [0.3, 0.4) is 0 Å². The van der Waals surface area contributed by atoms with Crippen molar-refractivity contribution in [3.05, 3.63) is 48.9 Å². The number of aromatic nitrogens is 3. The maximum absolute atomic E-state index is 5.76. The molecule has 0 fully saturated rings. The van der Waals surface area contributed by atoms with Crippen LogP contribution in [0.15, 0.2) is 48.9 Å². The molecule has 1 aromatic carbocycles. The fourth-order valence-electron chi connectivity index (χ4n) is 1.74. The van der Waals surface area contributed by atoms with E-state index in [4.69, 9.17) is 5.73 Å². The second-order valence-electron chi connectivity index (χ2n) is 3.57. The molecule has 0 atom stereocenters. The van der Waals surface area contributed by atoms with Crippen LogP contribution in [-0.4, -0.2) is 14.6 Å². The van der Waals surface area contributed by atoms with Crippen molar-refractivity contribution in [1.82, 2.24) is 14.6 Å². The first-order valence-corrected chi connectivity index (χ1v) is 4.99. The fraction of sp³-hybridized carbons (Fsp3) is 0. The molecule has 0 amide bonds. The highest BCUT2D eigenvalue weighted by Crippen LogP contribution is 2.24. The smallest absolute Gasteiger partial charge is 0.162 e. The van der Waals surface area contributed by atoms with Crippen molar-refractivity contribution in [3.8, 4) is 11.1 Å². The number of rotatable bonds is 1. The third-order valence-electron chi connectivity index (χ3n) is 2.48. The van der Waals surface area contributed by atoms with E-state index >= 15 is 0 Å². The van der Waals surface area contributed by atoms with Gasteiger partial charge in [-0.3, -0.25) is 0 Å². The molecule has 2 aromatic heterocycles. The summed E-state index contributed by atoms with van der Waals surface area (Å²) in [4.78, 5) is 4.31. The van der Waals surface area contributed by atoms with E-state index in [-0.39, 0.29) is 0 Å². The number of anilines is 1. The quantitative estimate of drug-likeness (QED) is 0.625. The molecule has 0 aliphatic rings. The zero-order valence-corrected chi connectivity index (χ0v) is 8.54. The summed E-state index contributed by atoms with van der Waals surface area (Å²) >= 11 is 0. The Morgan fingerprint density at radius 2 is 2.12 bits per heavy atom. The van der Waals surface area contributed by atoms with Gasteiger partial charge < -0.3 is 5.73 Å². The van der Waals surface area contributed by atoms with Crippen LogP contribution in [0.2, 0.25) is 0 Å². The summed E-state index contributed by atoms with van der Waals surface area (Å²) in [6.07, 6.45) is 5.43. The monoisotopic (exact) mass is 210 g/mol. The lowest BCUT2D eigenvalue weighted by atomic mass is 10.1. The van der Waals surface area contributed by atoms with Gasteiger partial charge in [0, 0.05) is 23.6 Å². The summed E-state index contributed by atoms with van der Waals surface area (Å²) in [6, 6.07) is 9.57. The summed E-state index contributed by atoms with van der Waals surface area (Å²) < 4.78 is 1.75. The van der Waals surface area contributed by atoms with Gasteiger partial charge in [-0.05, 0) is 23.8 Å². The standard InChI is InChI=1S/C12H10N4/c13-10-4-1-3-9(7-10)11-8-15-16-6-2-5-14-12(11)16/h1-8H,13H2. The van der Waals surface area contributed by atoms with Gasteiger partial charge in [-0.15, -0.1) is 0 Å². The van der Waals surface area contributed by atoms with Gasteiger partial charge in [-0.1, -0.05) is 12.1 Å². The molecule has 2 N–H and O–H groups in total. The Labute approximate surface area is 92.4 Å². The Morgan fingerprint density at radius 3 is 3.00 bits per heavy atom. The minimum Gasteiger partial charge on any atom is -0.399 e. The highest BCUT2D eigenvalue weighted by molar-refractivity contribution is 5.78. The summed E-state index contributed by atoms with van der Waals surface area (Å²) in [5.74, 6) is 0. The summed E-state index contributed by atoms with van der Waals surface area (Å²) in [6.45, 7) is 0. The molecule has 3 aromatic rings. The number of hydrogen-bond acceptors (Lipinski definition) is 3. The molecular weight excluding hydrogens is 200 g/mol. The van der Waals surface area contributed by atoms with Crippen molar-refractivity contribution < 1.29 is 0 Å². The number of hydrogen-bond donors (Lipinski definition) is 1. The molecular formula is C12H10N4. The van der Waals surface area contributed by atoms with Gasteiger partial charge in [0.2, 0.25) is 0 Å². The molecule has 2 heterocycles. The van der Waals surface area contributed by atoms with Gasteiger partial charge >= 0.3 is 0 Å². The SMILES string of the molecule is Nc1cccc(-c2cnn3cccnc23)c1. The van der Waals surface area contributed by atoms with Crippen molar-refractivity contribution in [2.24, 2.45) is 0 Å². The van der Waals surface area contributed by atoms with Crippen LogP contribution in [0.5, 0.6) is 0 Å². The topological polar surface area (TPSA) is 56.2 Å². The Morgan fingerprint density at radius 1 is 1.19 bits per heavy atom. The Hall–Kier alpha value is -2.36. The molecule has 0 radical (unpaired) electrons. The maximum atomic E-state index is 5.76. The Bertz CT molecular complexity index is 642. The molecule has 0 aliphatic carbocycles. The molecule has 0 bridgehead atoms.